The Balaban J connectivity index is 2.77. The van der Waals surface area contributed by atoms with E-state index in [-0.39, 0.29) is 5.41 Å². The summed E-state index contributed by atoms with van der Waals surface area (Å²) in [6.07, 6.45) is 1.82. The molecular weight excluding hydrogens is 210 g/mol. The molecule has 0 amide bonds. The second kappa shape index (κ2) is 3.89. The van der Waals surface area contributed by atoms with Crippen molar-refractivity contribution in [2.24, 2.45) is 0 Å². The summed E-state index contributed by atoms with van der Waals surface area (Å²) in [4.78, 5) is 7.93. The van der Waals surface area contributed by atoms with Gasteiger partial charge in [0.25, 0.3) is 6.54 Å². The lowest BCUT2D eigenvalue weighted by Gasteiger charge is -2.20. The minimum atomic E-state index is 0.0652. The van der Waals surface area contributed by atoms with E-state index in [0.29, 0.717) is 6.54 Å². The highest BCUT2D eigenvalue weighted by Gasteiger charge is 2.20. The predicted molar refractivity (Wildman–Crippen MR) is 68.9 cm³/mol. The van der Waals surface area contributed by atoms with Gasteiger partial charge in [-0.25, -0.2) is 11.6 Å². The first-order valence-electron chi connectivity index (χ1n) is 5.75. The summed E-state index contributed by atoms with van der Waals surface area (Å²) < 4.78 is 2.10. The molecule has 0 N–H and O–H groups in total. The van der Waals surface area contributed by atoms with E-state index in [2.05, 4.69) is 54.1 Å². The minimum absolute atomic E-state index is 0.0652. The van der Waals surface area contributed by atoms with Crippen LogP contribution in [0.25, 0.3) is 10.5 Å². The fraction of sp³-hybridized carbons (Fsp3) is 0.429. The molecule has 3 nitrogen and oxygen atoms in total. The predicted octanol–water partition coefficient (Wildman–Crippen LogP) is 3.36. The van der Waals surface area contributed by atoms with Crippen LogP contribution in [0.4, 0.5) is 0 Å². The Morgan fingerprint density at radius 3 is 2.65 bits per heavy atom. The van der Waals surface area contributed by atoms with Crippen molar-refractivity contribution < 1.29 is 0 Å². The summed E-state index contributed by atoms with van der Waals surface area (Å²) in [5, 5.41) is 0. The van der Waals surface area contributed by atoms with Crippen molar-refractivity contribution in [2.75, 3.05) is 0 Å². The number of hydrogen-bond acceptors (Lipinski definition) is 1. The van der Waals surface area contributed by atoms with Crippen molar-refractivity contribution in [1.29, 1.82) is 0 Å². The van der Waals surface area contributed by atoms with Crippen LogP contribution < -0.4 is 0 Å². The summed E-state index contributed by atoms with van der Waals surface area (Å²) in [5.74, 6) is 0. The maximum atomic E-state index is 6.99. The van der Waals surface area contributed by atoms with Gasteiger partial charge in [0.05, 0.1) is 6.20 Å². The van der Waals surface area contributed by atoms with Crippen LogP contribution in [-0.2, 0) is 12.0 Å². The minimum Gasteiger partial charge on any atom is -0.310 e. The van der Waals surface area contributed by atoms with Crippen LogP contribution in [0.3, 0.4) is 0 Å². The number of aromatic nitrogens is 2. The molecule has 2 heterocycles. The van der Waals surface area contributed by atoms with Gasteiger partial charge in [0.1, 0.15) is 11.3 Å². The van der Waals surface area contributed by atoms with Gasteiger partial charge < -0.3 is 4.85 Å². The van der Waals surface area contributed by atoms with E-state index in [9.17, 15) is 0 Å². The Bertz CT molecular complexity index is 594. The van der Waals surface area contributed by atoms with E-state index in [1.165, 1.54) is 5.56 Å². The van der Waals surface area contributed by atoms with Gasteiger partial charge in [-0.3, -0.25) is 4.40 Å². The molecule has 0 radical (unpaired) electrons. The lowest BCUT2D eigenvalue weighted by Crippen LogP contribution is -2.14. The van der Waals surface area contributed by atoms with E-state index in [1.807, 2.05) is 6.20 Å². The van der Waals surface area contributed by atoms with E-state index in [4.69, 9.17) is 6.57 Å². The number of hydrogen-bond donors (Lipinski definition) is 0. The zero-order valence-electron chi connectivity index (χ0n) is 10.8. The summed E-state index contributed by atoms with van der Waals surface area (Å²) in [5.41, 5.74) is 4.37. The van der Waals surface area contributed by atoms with Crippen LogP contribution >= 0.6 is 0 Å². The molecule has 3 heteroatoms. The first-order chi connectivity index (χ1) is 7.95. The van der Waals surface area contributed by atoms with Crippen LogP contribution in [0.15, 0.2) is 18.3 Å². The quantitative estimate of drug-likeness (QED) is 0.684. The van der Waals surface area contributed by atoms with Crippen LogP contribution in [-0.4, -0.2) is 9.38 Å². The highest BCUT2D eigenvalue weighted by atomic mass is 15.0. The molecule has 0 spiro atoms. The number of imidazole rings is 1. The van der Waals surface area contributed by atoms with Crippen LogP contribution in [0.2, 0.25) is 0 Å². The third-order valence-electron chi connectivity index (χ3n) is 2.97. The number of aryl methyl sites for hydroxylation is 1. The standard InChI is InChI=1S/C14H17N3/c1-10-6-7-12(14(2,3)4)13-16-9-11(8-15-5)17(10)13/h6-7,9H,8H2,1-4H3. The zero-order chi connectivity index (χ0) is 12.6. The summed E-state index contributed by atoms with van der Waals surface area (Å²) in [6, 6.07) is 4.24. The molecule has 0 aliphatic rings. The van der Waals surface area contributed by atoms with Crippen molar-refractivity contribution in [3.63, 3.8) is 0 Å². The van der Waals surface area contributed by atoms with Gasteiger partial charge in [-0.1, -0.05) is 26.8 Å². The SMILES string of the molecule is [C-]#[N+]Cc1cnc2c(C(C)(C)C)ccc(C)n12. The molecule has 0 fully saturated rings. The second-order valence-corrected chi connectivity index (χ2v) is 5.36. The highest BCUT2D eigenvalue weighted by molar-refractivity contribution is 5.54. The third kappa shape index (κ3) is 1.91. The van der Waals surface area contributed by atoms with Crippen LogP contribution in [0, 0.1) is 13.5 Å². The summed E-state index contributed by atoms with van der Waals surface area (Å²) >= 11 is 0. The zero-order valence-corrected chi connectivity index (χ0v) is 10.8. The smallest absolute Gasteiger partial charge is 0.256 e. The topological polar surface area (TPSA) is 21.7 Å². The van der Waals surface area contributed by atoms with Crippen molar-refractivity contribution in [3.05, 3.63) is 46.7 Å². The lowest BCUT2D eigenvalue weighted by molar-refractivity contribution is 0.591. The molecule has 0 aromatic carbocycles. The largest absolute Gasteiger partial charge is 0.310 e. The number of fused-ring (bicyclic) bond motifs is 1. The monoisotopic (exact) mass is 227 g/mol. The van der Waals surface area contributed by atoms with E-state index < -0.39 is 0 Å². The van der Waals surface area contributed by atoms with Crippen LogP contribution in [0.1, 0.15) is 37.7 Å². The third-order valence-corrected chi connectivity index (χ3v) is 2.97. The van der Waals surface area contributed by atoms with Crippen LogP contribution in [0.5, 0.6) is 0 Å². The molecule has 0 atom stereocenters. The first kappa shape index (κ1) is 11.7. The fourth-order valence-corrected chi connectivity index (χ4v) is 2.10. The van der Waals surface area contributed by atoms with Gasteiger partial charge in [0.15, 0.2) is 0 Å². The number of rotatable bonds is 1. The number of pyridine rings is 1. The molecule has 88 valence electrons. The van der Waals surface area contributed by atoms with Gasteiger partial charge in [0.2, 0.25) is 0 Å². The van der Waals surface area contributed by atoms with E-state index >= 15 is 0 Å². The van der Waals surface area contributed by atoms with Gasteiger partial charge >= 0.3 is 0 Å². The second-order valence-electron chi connectivity index (χ2n) is 5.36. The van der Waals surface area contributed by atoms with E-state index in [0.717, 1.165) is 17.0 Å². The molecular formula is C14H17N3. The van der Waals surface area contributed by atoms with Crippen molar-refractivity contribution in [2.45, 2.75) is 39.7 Å². The molecule has 17 heavy (non-hydrogen) atoms. The fourth-order valence-electron chi connectivity index (χ4n) is 2.10. The molecule has 0 aliphatic carbocycles. The molecule has 2 aromatic heterocycles. The molecule has 0 bridgehead atoms. The molecule has 0 aliphatic heterocycles. The first-order valence-corrected chi connectivity index (χ1v) is 5.75. The molecule has 2 aromatic rings. The lowest BCUT2D eigenvalue weighted by atomic mass is 9.87. The van der Waals surface area contributed by atoms with Crippen molar-refractivity contribution in [3.8, 4) is 0 Å². The van der Waals surface area contributed by atoms with Gasteiger partial charge in [-0.2, -0.15) is 0 Å². The van der Waals surface area contributed by atoms with Gasteiger partial charge in [-0.05, 0) is 18.4 Å². The van der Waals surface area contributed by atoms with Gasteiger partial charge in [-0.15, -0.1) is 0 Å². The van der Waals surface area contributed by atoms with Crippen molar-refractivity contribution >= 4 is 5.65 Å². The highest BCUT2D eigenvalue weighted by Crippen LogP contribution is 2.27. The average molecular weight is 227 g/mol. The summed E-state index contributed by atoms with van der Waals surface area (Å²) in [7, 11) is 0. The maximum absolute atomic E-state index is 6.99. The Hall–Kier alpha value is -1.82. The molecule has 2 rings (SSSR count). The average Bonchev–Trinajstić information content (AvgIpc) is 2.62. The normalized spacial score (nSPS) is 11.7. The summed E-state index contributed by atoms with van der Waals surface area (Å²) in [6.45, 7) is 16.0. The Morgan fingerprint density at radius 1 is 1.35 bits per heavy atom. The maximum Gasteiger partial charge on any atom is 0.256 e. The molecule has 0 unspecified atom stereocenters. The Kier molecular flexibility index (Phi) is 2.66. The Labute approximate surface area is 102 Å². The number of nitrogens with zero attached hydrogens (tertiary/aromatic N) is 3. The Morgan fingerprint density at radius 2 is 2.06 bits per heavy atom. The van der Waals surface area contributed by atoms with Crippen molar-refractivity contribution in [1.82, 2.24) is 9.38 Å². The molecule has 0 saturated carbocycles. The molecule has 0 saturated heterocycles. The van der Waals surface area contributed by atoms with E-state index in [1.54, 1.807) is 0 Å². The van der Waals surface area contributed by atoms with Gasteiger partial charge in [0, 0.05) is 11.3 Å².